The second-order valence-electron chi connectivity index (χ2n) is 7.83. The Morgan fingerprint density at radius 3 is 1.72 bits per heavy atom. The van der Waals surface area contributed by atoms with Gasteiger partial charge in [0.2, 0.25) is 0 Å². The molecule has 0 heterocycles. The van der Waals surface area contributed by atoms with Crippen LogP contribution in [0.1, 0.15) is 59.8 Å². The first-order valence-electron chi connectivity index (χ1n) is 6.79. The Labute approximate surface area is 108 Å². The van der Waals surface area contributed by atoms with Gasteiger partial charge in [-0.2, -0.15) is 13.2 Å². The third-order valence-electron chi connectivity index (χ3n) is 4.33. The van der Waals surface area contributed by atoms with Crippen molar-refractivity contribution < 1.29 is 13.2 Å². The van der Waals surface area contributed by atoms with Crippen molar-refractivity contribution >= 4 is 0 Å². The van der Waals surface area contributed by atoms with Crippen molar-refractivity contribution in [1.82, 2.24) is 5.32 Å². The molecule has 0 spiro atoms. The van der Waals surface area contributed by atoms with E-state index < -0.39 is 11.7 Å². The van der Waals surface area contributed by atoms with E-state index in [1.54, 1.807) is 0 Å². The zero-order chi connectivity index (χ0) is 13.8. The molecule has 2 saturated carbocycles. The van der Waals surface area contributed by atoms with E-state index in [9.17, 15) is 13.2 Å². The molecule has 0 amide bonds. The Bertz CT molecular complexity index is 310. The predicted molar refractivity (Wildman–Crippen MR) is 66.4 cm³/mol. The summed E-state index contributed by atoms with van der Waals surface area (Å²) in [5.74, 6) is 0. The molecule has 0 radical (unpaired) electrons. The number of hydrogen-bond donors (Lipinski definition) is 1. The van der Waals surface area contributed by atoms with Gasteiger partial charge in [-0.1, -0.05) is 27.7 Å². The quantitative estimate of drug-likeness (QED) is 0.784. The fourth-order valence-corrected chi connectivity index (χ4v) is 3.97. The summed E-state index contributed by atoms with van der Waals surface area (Å²) in [6.45, 7) is 8.65. The lowest BCUT2D eigenvalue weighted by molar-refractivity contribution is -0.170. The normalized spacial score (nSPS) is 30.2. The van der Waals surface area contributed by atoms with E-state index in [4.69, 9.17) is 0 Å². The molecule has 0 saturated heterocycles. The van der Waals surface area contributed by atoms with Crippen LogP contribution in [0.25, 0.3) is 0 Å². The summed E-state index contributed by atoms with van der Waals surface area (Å²) in [5, 5.41) is 2.93. The third kappa shape index (κ3) is 2.84. The van der Waals surface area contributed by atoms with E-state index in [0.717, 1.165) is 19.3 Å². The first-order chi connectivity index (χ1) is 7.95. The van der Waals surface area contributed by atoms with Crippen molar-refractivity contribution in [2.75, 3.05) is 0 Å². The van der Waals surface area contributed by atoms with Gasteiger partial charge in [-0.15, -0.1) is 0 Å². The summed E-state index contributed by atoms with van der Waals surface area (Å²) in [6, 6.07) is -0.00660. The van der Waals surface area contributed by atoms with Gasteiger partial charge in [-0.05, 0) is 42.9 Å². The van der Waals surface area contributed by atoms with Gasteiger partial charge in [0, 0.05) is 6.04 Å². The van der Waals surface area contributed by atoms with E-state index in [2.05, 4.69) is 33.0 Å². The van der Waals surface area contributed by atoms with Gasteiger partial charge < -0.3 is 5.32 Å². The molecule has 2 rings (SSSR count). The topological polar surface area (TPSA) is 12.0 Å². The Kier molecular flexibility index (Phi) is 3.05. The van der Waals surface area contributed by atoms with Crippen LogP contribution in [0.15, 0.2) is 0 Å². The predicted octanol–water partition coefficient (Wildman–Crippen LogP) is 4.28. The summed E-state index contributed by atoms with van der Waals surface area (Å²) in [7, 11) is 0. The Hall–Kier alpha value is -0.250. The van der Waals surface area contributed by atoms with E-state index in [-0.39, 0.29) is 29.7 Å². The van der Waals surface area contributed by atoms with Gasteiger partial charge in [-0.3, -0.25) is 0 Å². The Balaban J connectivity index is 2.06. The largest absolute Gasteiger partial charge is 0.406 e. The zero-order valence-electron chi connectivity index (χ0n) is 11.7. The maximum Gasteiger partial charge on any atom is 0.406 e. The Morgan fingerprint density at radius 2 is 1.39 bits per heavy atom. The van der Waals surface area contributed by atoms with E-state index >= 15 is 0 Å². The number of halogens is 3. The average molecular weight is 263 g/mol. The van der Waals surface area contributed by atoms with Crippen LogP contribution >= 0.6 is 0 Å². The van der Waals surface area contributed by atoms with Crippen LogP contribution in [0.5, 0.6) is 0 Å². The highest BCUT2D eigenvalue weighted by molar-refractivity contribution is 5.10. The highest BCUT2D eigenvalue weighted by atomic mass is 19.4. The lowest BCUT2D eigenvalue weighted by atomic mass is 9.63. The molecule has 0 aromatic heterocycles. The van der Waals surface area contributed by atoms with Gasteiger partial charge in [-0.25, -0.2) is 0 Å². The van der Waals surface area contributed by atoms with Crippen molar-refractivity contribution in [2.45, 2.75) is 77.6 Å². The van der Waals surface area contributed by atoms with E-state index in [1.807, 2.05) is 0 Å². The molecular weight excluding hydrogens is 239 g/mol. The van der Waals surface area contributed by atoms with Crippen LogP contribution < -0.4 is 5.32 Å². The first-order valence-corrected chi connectivity index (χ1v) is 6.79. The molecule has 1 N–H and O–H groups in total. The van der Waals surface area contributed by atoms with E-state index in [1.165, 1.54) is 0 Å². The minimum atomic E-state index is -4.10. The lowest BCUT2D eigenvalue weighted by Crippen LogP contribution is -2.53. The summed E-state index contributed by atoms with van der Waals surface area (Å²) < 4.78 is 38.9. The zero-order valence-corrected chi connectivity index (χ0v) is 11.7. The van der Waals surface area contributed by atoms with Crippen LogP contribution in [0.4, 0.5) is 13.2 Å². The summed E-state index contributed by atoms with van der Waals surface area (Å²) in [6.07, 6.45) is -0.847. The van der Waals surface area contributed by atoms with Crippen molar-refractivity contribution in [1.29, 1.82) is 0 Å². The molecule has 0 aromatic carbocycles. The van der Waals surface area contributed by atoms with Crippen LogP contribution in [0.3, 0.4) is 0 Å². The fourth-order valence-electron chi connectivity index (χ4n) is 3.97. The maximum atomic E-state index is 13.0. The number of alkyl halides is 3. The number of hydrogen-bond acceptors (Lipinski definition) is 1. The van der Waals surface area contributed by atoms with Crippen LogP contribution in [0, 0.1) is 10.8 Å². The van der Waals surface area contributed by atoms with Gasteiger partial charge in [0.15, 0.2) is 0 Å². The number of nitrogens with one attached hydrogen (secondary N) is 1. The molecule has 0 bridgehead atoms. The summed E-state index contributed by atoms with van der Waals surface area (Å²) in [4.78, 5) is 0. The second kappa shape index (κ2) is 3.87. The third-order valence-corrected chi connectivity index (χ3v) is 4.33. The SMILES string of the molecule is CC1(C)CC(NC2(C(F)(F)F)CC2)CC(C)(C)C1. The molecule has 2 aliphatic rings. The van der Waals surface area contributed by atoms with Gasteiger partial charge in [0.1, 0.15) is 5.54 Å². The average Bonchev–Trinajstić information content (AvgIpc) is 2.76. The molecule has 0 atom stereocenters. The maximum absolute atomic E-state index is 13.0. The second-order valence-corrected chi connectivity index (χ2v) is 7.83. The minimum absolute atomic E-state index is 0.00660. The smallest absolute Gasteiger partial charge is 0.301 e. The lowest BCUT2D eigenvalue weighted by Gasteiger charge is -2.46. The van der Waals surface area contributed by atoms with Gasteiger partial charge in [0.25, 0.3) is 0 Å². The molecular formula is C14H24F3N. The fraction of sp³-hybridized carbons (Fsp3) is 1.00. The van der Waals surface area contributed by atoms with Crippen LogP contribution in [0.2, 0.25) is 0 Å². The van der Waals surface area contributed by atoms with Gasteiger partial charge >= 0.3 is 6.18 Å². The number of rotatable bonds is 2. The summed E-state index contributed by atoms with van der Waals surface area (Å²) in [5.41, 5.74) is -1.32. The molecule has 106 valence electrons. The first kappa shape index (κ1) is 14.2. The van der Waals surface area contributed by atoms with Crippen molar-refractivity contribution in [3.8, 4) is 0 Å². The summed E-state index contributed by atoms with van der Waals surface area (Å²) >= 11 is 0. The molecule has 0 aliphatic heterocycles. The van der Waals surface area contributed by atoms with Crippen molar-refractivity contribution in [3.63, 3.8) is 0 Å². The molecule has 2 aliphatic carbocycles. The van der Waals surface area contributed by atoms with Crippen LogP contribution in [-0.2, 0) is 0 Å². The van der Waals surface area contributed by atoms with Gasteiger partial charge in [0.05, 0.1) is 0 Å². The molecule has 0 unspecified atom stereocenters. The highest BCUT2D eigenvalue weighted by Gasteiger charge is 2.64. The monoisotopic (exact) mass is 263 g/mol. The highest BCUT2D eigenvalue weighted by Crippen LogP contribution is 2.52. The van der Waals surface area contributed by atoms with Crippen molar-refractivity contribution in [2.24, 2.45) is 10.8 Å². The van der Waals surface area contributed by atoms with E-state index in [0.29, 0.717) is 0 Å². The molecule has 0 aromatic rings. The molecule has 1 nitrogen and oxygen atoms in total. The van der Waals surface area contributed by atoms with Crippen LogP contribution in [-0.4, -0.2) is 17.8 Å². The standard InChI is InChI=1S/C14H24F3N/c1-11(2)7-10(8-12(3,4)9-11)18-13(5-6-13)14(15,16)17/h10,18H,5-9H2,1-4H3. The van der Waals surface area contributed by atoms with Crippen molar-refractivity contribution in [3.05, 3.63) is 0 Å². The molecule has 18 heavy (non-hydrogen) atoms. The molecule has 2 fully saturated rings. The Morgan fingerprint density at radius 1 is 0.944 bits per heavy atom. The molecule has 4 heteroatoms. The minimum Gasteiger partial charge on any atom is -0.301 e.